The number of thiophene rings is 1. The quantitative estimate of drug-likeness (QED) is 0.851. The fraction of sp³-hybridized carbons (Fsp3) is 0.571. The molecule has 20 heavy (non-hydrogen) atoms. The molecule has 0 aliphatic carbocycles. The smallest absolute Gasteiger partial charge is 0.242 e. The van der Waals surface area contributed by atoms with Crippen LogP contribution in [0.25, 0.3) is 0 Å². The monoisotopic (exact) mass is 295 g/mol. The second-order valence-electron chi connectivity index (χ2n) is 5.21. The number of rotatable bonds is 5. The molecule has 0 aromatic carbocycles. The molecule has 1 aromatic heterocycles. The minimum atomic E-state index is -0.375. The van der Waals surface area contributed by atoms with E-state index in [-0.39, 0.29) is 17.9 Å². The van der Waals surface area contributed by atoms with E-state index in [9.17, 15) is 9.59 Å². The standard InChI is InChI=1S/C14H21N3O2S/c1-17(8-11-5-7-20-10-11)9-13(18)16-12-4-2-3-6-15-14(12)19/h5,7,10,12H,2-4,6,8-9H2,1H3,(H,15,19)(H,16,18)/t12-/m1/s1. The zero-order chi connectivity index (χ0) is 14.4. The lowest BCUT2D eigenvalue weighted by Crippen LogP contribution is -2.48. The average molecular weight is 295 g/mol. The van der Waals surface area contributed by atoms with Crippen LogP contribution in [0, 0.1) is 0 Å². The number of hydrogen-bond acceptors (Lipinski definition) is 4. The largest absolute Gasteiger partial charge is 0.354 e. The van der Waals surface area contributed by atoms with E-state index in [0.29, 0.717) is 13.1 Å². The van der Waals surface area contributed by atoms with E-state index >= 15 is 0 Å². The molecule has 1 aliphatic rings. The molecular formula is C14H21N3O2S. The van der Waals surface area contributed by atoms with Crippen LogP contribution in [-0.4, -0.2) is 42.9 Å². The van der Waals surface area contributed by atoms with E-state index < -0.39 is 0 Å². The van der Waals surface area contributed by atoms with E-state index in [0.717, 1.165) is 25.8 Å². The van der Waals surface area contributed by atoms with E-state index in [1.165, 1.54) is 5.56 Å². The van der Waals surface area contributed by atoms with Gasteiger partial charge >= 0.3 is 0 Å². The van der Waals surface area contributed by atoms with Gasteiger partial charge in [0, 0.05) is 13.1 Å². The Morgan fingerprint density at radius 1 is 1.55 bits per heavy atom. The second-order valence-corrected chi connectivity index (χ2v) is 5.99. The Morgan fingerprint density at radius 2 is 2.40 bits per heavy atom. The predicted octanol–water partition coefficient (Wildman–Crippen LogP) is 0.965. The normalized spacial score (nSPS) is 19.5. The zero-order valence-electron chi connectivity index (χ0n) is 11.7. The predicted molar refractivity (Wildman–Crippen MR) is 79.4 cm³/mol. The molecule has 1 fully saturated rings. The highest BCUT2D eigenvalue weighted by Gasteiger charge is 2.22. The molecule has 110 valence electrons. The summed E-state index contributed by atoms with van der Waals surface area (Å²) < 4.78 is 0. The Kier molecular flexibility index (Phi) is 5.55. The highest BCUT2D eigenvalue weighted by atomic mass is 32.1. The third-order valence-corrected chi connectivity index (χ3v) is 4.05. The minimum Gasteiger partial charge on any atom is -0.354 e. The number of nitrogens with zero attached hydrogens (tertiary/aromatic N) is 1. The van der Waals surface area contributed by atoms with Gasteiger partial charge in [-0.15, -0.1) is 0 Å². The van der Waals surface area contributed by atoms with Crippen LogP contribution in [0.15, 0.2) is 16.8 Å². The molecule has 0 spiro atoms. The first-order valence-electron chi connectivity index (χ1n) is 6.92. The summed E-state index contributed by atoms with van der Waals surface area (Å²) >= 11 is 1.65. The summed E-state index contributed by atoms with van der Waals surface area (Å²) in [5.74, 6) is -0.152. The summed E-state index contributed by atoms with van der Waals surface area (Å²) in [7, 11) is 1.91. The first-order valence-corrected chi connectivity index (χ1v) is 7.86. The lowest BCUT2D eigenvalue weighted by atomic mass is 10.1. The van der Waals surface area contributed by atoms with E-state index in [1.807, 2.05) is 17.3 Å². The van der Waals surface area contributed by atoms with Gasteiger partial charge in [-0.05, 0) is 48.7 Å². The zero-order valence-corrected chi connectivity index (χ0v) is 12.5. The Balaban J connectivity index is 1.77. The molecule has 1 atom stereocenters. The summed E-state index contributed by atoms with van der Waals surface area (Å²) in [6.45, 7) is 1.76. The summed E-state index contributed by atoms with van der Waals surface area (Å²) in [4.78, 5) is 25.7. The van der Waals surface area contributed by atoms with E-state index in [4.69, 9.17) is 0 Å². The van der Waals surface area contributed by atoms with Crippen LogP contribution in [0.3, 0.4) is 0 Å². The Hall–Kier alpha value is -1.40. The molecule has 1 saturated heterocycles. The maximum absolute atomic E-state index is 12.0. The maximum atomic E-state index is 12.0. The Morgan fingerprint density at radius 3 is 3.15 bits per heavy atom. The van der Waals surface area contributed by atoms with Gasteiger partial charge in [-0.2, -0.15) is 11.3 Å². The van der Waals surface area contributed by atoms with Crippen molar-refractivity contribution in [1.29, 1.82) is 0 Å². The fourth-order valence-electron chi connectivity index (χ4n) is 2.31. The van der Waals surface area contributed by atoms with E-state index in [2.05, 4.69) is 22.1 Å². The second kappa shape index (κ2) is 7.40. The number of hydrogen-bond donors (Lipinski definition) is 2. The van der Waals surface area contributed by atoms with Crippen molar-refractivity contribution in [2.24, 2.45) is 0 Å². The lowest BCUT2D eigenvalue weighted by Gasteiger charge is -2.19. The van der Waals surface area contributed by atoms with Crippen molar-refractivity contribution < 1.29 is 9.59 Å². The number of carbonyl (C=O) groups excluding carboxylic acids is 2. The molecule has 1 aliphatic heterocycles. The number of carbonyl (C=O) groups is 2. The van der Waals surface area contributed by atoms with Crippen LogP contribution in [-0.2, 0) is 16.1 Å². The van der Waals surface area contributed by atoms with Crippen molar-refractivity contribution in [3.63, 3.8) is 0 Å². The third kappa shape index (κ3) is 4.61. The highest BCUT2D eigenvalue weighted by molar-refractivity contribution is 7.07. The maximum Gasteiger partial charge on any atom is 0.242 e. The van der Waals surface area contributed by atoms with Crippen LogP contribution in [0.4, 0.5) is 0 Å². The van der Waals surface area contributed by atoms with Gasteiger partial charge in [0.15, 0.2) is 0 Å². The molecule has 2 rings (SSSR count). The van der Waals surface area contributed by atoms with Crippen LogP contribution in [0.2, 0.25) is 0 Å². The molecule has 1 aromatic rings. The van der Waals surface area contributed by atoms with Crippen molar-refractivity contribution in [3.8, 4) is 0 Å². The lowest BCUT2D eigenvalue weighted by molar-refractivity contribution is -0.129. The Bertz CT molecular complexity index is 447. The summed E-state index contributed by atoms with van der Waals surface area (Å²) in [5, 5.41) is 9.76. The van der Waals surface area contributed by atoms with Crippen molar-refractivity contribution >= 4 is 23.2 Å². The Labute approximate surface area is 123 Å². The average Bonchev–Trinajstić information content (AvgIpc) is 2.81. The van der Waals surface area contributed by atoms with Crippen molar-refractivity contribution in [3.05, 3.63) is 22.4 Å². The number of nitrogens with one attached hydrogen (secondary N) is 2. The van der Waals surface area contributed by atoms with Gasteiger partial charge in [0.05, 0.1) is 6.54 Å². The van der Waals surface area contributed by atoms with Gasteiger partial charge < -0.3 is 10.6 Å². The molecule has 5 nitrogen and oxygen atoms in total. The molecule has 0 unspecified atom stereocenters. The van der Waals surface area contributed by atoms with Gasteiger partial charge in [-0.25, -0.2) is 0 Å². The van der Waals surface area contributed by atoms with Crippen molar-refractivity contribution in [2.75, 3.05) is 20.1 Å². The van der Waals surface area contributed by atoms with Gasteiger partial charge in [0.1, 0.15) is 6.04 Å². The first kappa shape index (κ1) is 15.0. The molecule has 2 amide bonds. The summed E-state index contributed by atoms with van der Waals surface area (Å²) in [6, 6.07) is 1.68. The molecule has 6 heteroatoms. The summed E-state index contributed by atoms with van der Waals surface area (Å²) in [5.41, 5.74) is 1.21. The van der Waals surface area contributed by atoms with Crippen molar-refractivity contribution in [1.82, 2.24) is 15.5 Å². The molecule has 0 radical (unpaired) electrons. The van der Waals surface area contributed by atoms with Gasteiger partial charge in [-0.1, -0.05) is 0 Å². The SMILES string of the molecule is CN(CC(=O)N[C@@H]1CCCCNC1=O)Cc1ccsc1. The van der Waals surface area contributed by atoms with Crippen LogP contribution in [0.5, 0.6) is 0 Å². The molecular weight excluding hydrogens is 274 g/mol. The molecule has 2 heterocycles. The van der Waals surface area contributed by atoms with E-state index in [1.54, 1.807) is 11.3 Å². The summed E-state index contributed by atoms with van der Waals surface area (Å²) in [6.07, 6.45) is 2.68. The van der Waals surface area contributed by atoms with Crippen LogP contribution >= 0.6 is 11.3 Å². The molecule has 2 N–H and O–H groups in total. The minimum absolute atomic E-state index is 0.0589. The van der Waals surface area contributed by atoms with Crippen LogP contribution < -0.4 is 10.6 Å². The van der Waals surface area contributed by atoms with Gasteiger partial charge in [0.2, 0.25) is 11.8 Å². The number of amides is 2. The highest BCUT2D eigenvalue weighted by Crippen LogP contribution is 2.08. The fourth-order valence-corrected chi connectivity index (χ4v) is 2.97. The van der Waals surface area contributed by atoms with Gasteiger partial charge in [-0.3, -0.25) is 14.5 Å². The first-order chi connectivity index (χ1) is 9.65. The van der Waals surface area contributed by atoms with Gasteiger partial charge in [0.25, 0.3) is 0 Å². The van der Waals surface area contributed by atoms with Crippen molar-refractivity contribution in [2.45, 2.75) is 31.8 Å². The number of likely N-dealkylation sites (N-methyl/N-ethyl adjacent to an activating group) is 1. The third-order valence-electron chi connectivity index (χ3n) is 3.32. The molecule has 0 bridgehead atoms. The molecule has 0 saturated carbocycles. The topological polar surface area (TPSA) is 61.4 Å². The van der Waals surface area contributed by atoms with Crippen LogP contribution in [0.1, 0.15) is 24.8 Å².